The number of amides is 2. The summed E-state index contributed by atoms with van der Waals surface area (Å²) in [6.45, 7) is 1.74. The molecule has 5 heteroatoms. The minimum Gasteiger partial charge on any atom is -0.352 e. The van der Waals surface area contributed by atoms with E-state index in [1.165, 1.54) is 5.56 Å². The molecule has 1 heterocycles. The van der Waals surface area contributed by atoms with E-state index in [2.05, 4.69) is 5.32 Å². The molecule has 1 aliphatic heterocycles. The van der Waals surface area contributed by atoms with Gasteiger partial charge in [-0.05, 0) is 36.5 Å². The topological polar surface area (TPSA) is 49.4 Å². The highest BCUT2D eigenvalue weighted by atomic mass is 35.5. The van der Waals surface area contributed by atoms with Gasteiger partial charge in [0.1, 0.15) is 0 Å². The summed E-state index contributed by atoms with van der Waals surface area (Å²) in [6.07, 6.45) is 2.71. The minimum absolute atomic E-state index is 0.0364. The maximum absolute atomic E-state index is 12.4. The van der Waals surface area contributed by atoms with E-state index in [0.29, 0.717) is 43.9 Å². The molecule has 0 aliphatic carbocycles. The Kier molecular flexibility index (Phi) is 6.88. The average Bonchev–Trinajstić information content (AvgIpc) is 2.72. The van der Waals surface area contributed by atoms with E-state index in [9.17, 15) is 9.59 Å². The highest BCUT2D eigenvalue weighted by Crippen LogP contribution is 2.20. The lowest BCUT2D eigenvalue weighted by atomic mass is 9.95. The van der Waals surface area contributed by atoms with Crippen LogP contribution >= 0.6 is 11.6 Å². The fourth-order valence-electron chi connectivity index (χ4n) is 3.41. The largest absolute Gasteiger partial charge is 0.352 e. The van der Waals surface area contributed by atoms with Gasteiger partial charge < -0.3 is 10.2 Å². The molecule has 1 fully saturated rings. The molecule has 1 saturated heterocycles. The van der Waals surface area contributed by atoms with Gasteiger partial charge in [-0.25, -0.2) is 0 Å². The van der Waals surface area contributed by atoms with Gasteiger partial charge in [-0.1, -0.05) is 60.1 Å². The Hall–Kier alpha value is -2.33. The van der Waals surface area contributed by atoms with E-state index >= 15 is 0 Å². The molecule has 0 spiro atoms. The number of rotatable bonds is 6. The van der Waals surface area contributed by atoms with E-state index < -0.39 is 0 Å². The molecular weight excluding hydrogens is 360 g/mol. The molecule has 2 aromatic carbocycles. The number of hydrogen-bond acceptors (Lipinski definition) is 2. The second kappa shape index (κ2) is 9.56. The smallest absolute Gasteiger partial charge is 0.223 e. The Bertz CT molecular complexity index is 771. The Morgan fingerprint density at radius 1 is 1.00 bits per heavy atom. The first-order chi connectivity index (χ1) is 13.1. The van der Waals surface area contributed by atoms with Crippen LogP contribution in [-0.2, 0) is 22.6 Å². The molecule has 0 aromatic heterocycles. The lowest BCUT2D eigenvalue weighted by Crippen LogP contribution is -2.43. The summed E-state index contributed by atoms with van der Waals surface area (Å²) in [5.41, 5.74) is 2.10. The standard InChI is InChI=1S/C22H25ClN2O2/c23-20-9-5-4-8-19(20)16-24-22(27)18-12-14-25(15-13-18)21(26)11-10-17-6-2-1-3-7-17/h1-9,18H,10-16H2,(H,24,27). The van der Waals surface area contributed by atoms with Crippen molar-refractivity contribution in [3.63, 3.8) is 0 Å². The van der Waals surface area contributed by atoms with Crippen LogP contribution in [0.15, 0.2) is 54.6 Å². The zero-order chi connectivity index (χ0) is 19.1. The molecule has 2 amide bonds. The third-order valence-electron chi connectivity index (χ3n) is 5.10. The second-order valence-corrected chi connectivity index (χ2v) is 7.36. The normalized spacial score (nSPS) is 14.8. The summed E-state index contributed by atoms with van der Waals surface area (Å²) >= 11 is 6.13. The quantitative estimate of drug-likeness (QED) is 0.822. The van der Waals surface area contributed by atoms with Crippen molar-refractivity contribution in [2.24, 2.45) is 5.92 Å². The third kappa shape index (κ3) is 5.57. The van der Waals surface area contributed by atoms with Crippen molar-refractivity contribution in [2.45, 2.75) is 32.2 Å². The summed E-state index contributed by atoms with van der Waals surface area (Å²) in [5, 5.41) is 3.64. The maximum Gasteiger partial charge on any atom is 0.223 e. The van der Waals surface area contributed by atoms with Crippen LogP contribution in [0.25, 0.3) is 0 Å². The van der Waals surface area contributed by atoms with E-state index in [0.717, 1.165) is 12.0 Å². The molecule has 0 bridgehead atoms. The zero-order valence-electron chi connectivity index (χ0n) is 15.4. The van der Waals surface area contributed by atoms with Crippen LogP contribution in [0.5, 0.6) is 0 Å². The molecule has 27 heavy (non-hydrogen) atoms. The van der Waals surface area contributed by atoms with Crippen LogP contribution in [0.1, 0.15) is 30.4 Å². The summed E-state index contributed by atoms with van der Waals surface area (Å²) in [4.78, 5) is 26.7. The number of aryl methyl sites for hydroxylation is 1. The fraction of sp³-hybridized carbons (Fsp3) is 0.364. The monoisotopic (exact) mass is 384 g/mol. The summed E-state index contributed by atoms with van der Waals surface area (Å²) < 4.78 is 0. The number of nitrogens with one attached hydrogen (secondary N) is 1. The Morgan fingerprint density at radius 2 is 1.67 bits per heavy atom. The zero-order valence-corrected chi connectivity index (χ0v) is 16.1. The molecule has 4 nitrogen and oxygen atoms in total. The number of carbonyl (C=O) groups is 2. The van der Waals surface area contributed by atoms with Crippen molar-refractivity contribution in [1.82, 2.24) is 10.2 Å². The van der Waals surface area contributed by atoms with Crippen LogP contribution in [0.3, 0.4) is 0 Å². The van der Waals surface area contributed by atoms with Gasteiger partial charge in [0.05, 0.1) is 0 Å². The molecule has 2 aromatic rings. The van der Waals surface area contributed by atoms with Crippen LogP contribution in [0.2, 0.25) is 5.02 Å². The number of likely N-dealkylation sites (tertiary alicyclic amines) is 1. The van der Waals surface area contributed by atoms with Crippen molar-refractivity contribution < 1.29 is 9.59 Å². The van der Waals surface area contributed by atoms with E-state index in [4.69, 9.17) is 11.6 Å². The lowest BCUT2D eigenvalue weighted by molar-refractivity contribution is -0.135. The Balaban J connectivity index is 1.40. The molecule has 0 atom stereocenters. The molecular formula is C22H25ClN2O2. The van der Waals surface area contributed by atoms with Crippen molar-refractivity contribution >= 4 is 23.4 Å². The SMILES string of the molecule is O=C(NCc1ccccc1Cl)C1CCN(C(=O)CCc2ccccc2)CC1. The van der Waals surface area contributed by atoms with Gasteiger partial charge >= 0.3 is 0 Å². The predicted molar refractivity (Wildman–Crippen MR) is 107 cm³/mol. The Labute approximate surface area is 165 Å². The van der Waals surface area contributed by atoms with Gasteiger partial charge in [0.15, 0.2) is 0 Å². The van der Waals surface area contributed by atoms with Gasteiger partial charge in [0.2, 0.25) is 11.8 Å². The predicted octanol–water partition coefficient (Wildman–Crippen LogP) is 3.83. The molecule has 142 valence electrons. The van der Waals surface area contributed by atoms with E-state index in [1.54, 1.807) is 0 Å². The van der Waals surface area contributed by atoms with Gasteiger partial charge in [-0.3, -0.25) is 9.59 Å². The summed E-state index contributed by atoms with van der Waals surface area (Å²) in [6, 6.07) is 17.6. The van der Waals surface area contributed by atoms with Crippen molar-refractivity contribution in [2.75, 3.05) is 13.1 Å². The number of hydrogen-bond donors (Lipinski definition) is 1. The molecule has 3 rings (SSSR count). The average molecular weight is 385 g/mol. The molecule has 0 saturated carbocycles. The van der Waals surface area contributed by atoms with Crippen molar-refractivity contribution in [3.05, 3.63) is 70.7 Å². The number of benzene rings is 2. The lowest BCUT2D eigenvalue weighted by Gasteiger charge is -2.31. The highest BCUT2D eigenvalue weighted by molar-refractivity contribution is 6.31. The maximum atomic E-state index is 12.4. The first kappa shape index (κ1) is 19.4. The number of carbonyl (C=O) groups excluding carboxylic acids is 2. The molecule has 1 aliphatic rings. The summed E-state index contributed by atoms with van der Waals surface area (Å²) in [7, 11) is 0. The minimum atomic E-state index is -0.0364. The first-order valence-electron chi connectivity index (χ1n) is 9.46. The van der Waals surface area contributed by atoms with Crippen molar-refractivity contribution in [3.8, 4) is 0 Å². The Morgan fingerprint density at radius 3 is 2.37 bits per heavy atom. The van der Waals surface area contributed by atoms with Crippen LogP contribution in [0.4, 0.5) is 0 Å². The second-order valence-electron chi connectivity index (χ2n) is 6.95. The molecule has 0 radical (unpaired) electrons. The van der Waals surface area contributed by atoms with Gasteiger partial charge in [-0.2, -0.15) is 0 Å². The highest BCUT2D eigenvalue weighted by Gasteiger charge is 2.27. The van der Waals surface area contributed by atoms with Crippen LogP contribution < -0.4 is 5.32 Å². The van der Waals surface area contributed by atoms with Gasteiger partial charge in [0.25, 0.3) is 0 Å². The fourth-order valence-corrected chi connectivity index (χ4v) is 3.62. The summed E-state index contributed by atoms with van der Waals surface area (Å²) in [5.74, 6) is 0.186. The first-order valence-corrected chi connectivity index (χ1v) is 9.84. The molecule has 1 N–H and O–H groups in total. The van der Waals surface area contributed by atoms with Gasteiger partial charge in [-0.15, -0.1) is 0 Å². The third-order valence-corrected chi connectivity index (χ3v) is 5.47. The van der Waals surface area contributed by atoms with E-state index in [1.807, 2.05) is 59.5 Å². The molecule has 0 unspecified atom stereocenters. The van der Waals surface area contributed by atoms with Crippen LogP contribution in [-0.4, -0.2) is 29.8 Å². The number of nitrogens with zero attached hydrogens (tertiary/aromatic N) is 1. The van der Waals surface area contributed by atoms with Gasteiger partial charge in [0, 0.05) is 37.0 Å². The van der Waals surface area contributed by atoms with Crippen molar-refractivity contribution in [1.29, 1.82) is 0 Å². The van der Waals surface area contributed by atoms with Crippen LogP contribution in [0, 0.1) is 5.92 Å². The van der Waals surface area contributed by atoms with E-state index in [-0.39, 0.29) is 17.7 Å². The number of piperidine rings is 1. The number of halogens is 1.